The van der Waals surface area contributed by atoms with Crippen LogP contribution in [-0.2, 0) is 10.0 Å². The van der Waals surface area contributed by atoms with Crippen molar-refractivity contribution in [3.63, 3.8) is 0 Å². The average molecular weight is 441 g/mol. The number of nitrogens with one attached hydrogen (secondary N) is 1. The van der Waals surface area contributed by atoms with Gasteiger partial charge in [0.2, 0.25) is 0 Å². The van der Waals surface area contributed by atoms with Crippen molar-refractivity contribution in [3.05, 3.63) is 46.1 Å². The van der Waals surface area contributed by atoms with E-state index in [0.29, 0.717) is 21.1 Å². The van der Waals surface area contributed by atoms with Crippen molar-refractivity contribution in [3.8, 4) is 0 Å². The highest BCUT2D eigenvalue weighted by molar-refractivity contribution is 14.1. The number of pyridine rings is 1. The Morgan fingerprint density at radius 3 is 2.83 bits per heavy atom. The molecule has 1 saturated carbocycles. The second-order valence-electron chi connectivity index (χ2n) is 5.37. The number of hydrogen-bond acceptors (Lipinski definition) is 5. The molecule has 4 rings (SSSR count). The lowest BCUT2D eigenvalue weighted by Crippen LogP contribution is -2.16. The van der Waals surface area contributed by atoms with E-state index in [1.165, 1.54) is 18.5 Å². The molecular weight excluding hydrogens is 429 g/mol. The number of anilines is 1. The molecule has 9 heteroatoms. The maximum Gasteiger partial charge on any atom is 0.264 e. The average Bonchev–Trinajstić information content (AvgIpc) is 3.28. The molecule has 0 radical (unpaired) electrons. The summed E-state index contributed by atoms with van der Waals surface area (Å²) in [5, 5.41) is 4.31. The fourth-order valence-corrected chi connectivity index (χ4v) is 3.93. The van der Waals surface area contributed by atoms with Gasteiger partial charge in [-0.25, -0.2) is 13.4 Å². The number of fused-ring (bicyclic) bond motifs is 1. The van der Waals surface area contributed by atoms with Crippen molar-refractivity contribution >= 4 is 44.1 Å². The monoisotopic (exact) mass is 441 g/mol. The standard InChI is InChI=1S/C14H12IN5O2S/c15-12-6-13(19-23(21,22)10-2-1-5-16-7-10)20-14(18-12)11(8-17-20)9-3-4-9/h1-2,5-9,19H,3-4H2. The summed E-state index contributed by atoms with van der Waals surface area (Å²) in [7, 11) is -3.72. The van der Waals surface area contributed by atoms with Crippen LogP contribution in [0.1, 0.15) is 24.3 Å². The third-order valence-corrected chi connectivity index (χ3v) is 5.56. The van der Waals surface area contributed by atoms with E-state index in [0.717, 1.165) is 18.4 Å². The van der Waals surface area contributed by atoms with E-state index in [1.54, 1.807) is 22.8 Å². The van der Waals surface area contributed by atoms with Gasteiger partial charge < -0.3 is 0 Å². The van der Waals surface area contributed by atoms with Crippen LogP contribution < -0.4 is 4.72 Å². The van der Waals surface area contributed by atoms with Gasteiger partial charge in [-0.15, -0.1) is 0 Å². The molecule has 0 spiro atoms. The number of sulfonamides is 1. The smallest absolute Gasteiger partial charge is 0.263 e. The van der Waals surface area contributed by atoms with Crippen molar-refractivity contribution in [1.29, 1.82) is 0 Å². The summed E-state index contributed by atoms with van der Waals surface area (Å²) in [4.78, 5) is 8.46. The fourth-order valence-electron chi connectivity index (χ4n) is 2.41. The van der Waals surface area contributed by atoms with Crippen molar-refractivity contribution in [2.45, 2.75) is 23.7 Å². The van der Waals surface area contributed by atoms with Gasteiger partial charge in [0.15, 0.2) is 5.65 Å². The minimum atomic E-state index is -3.72. The Bertz CT molecular complexity index is 983. The van der Waals surface area contributed by atoms with E-state index in [9.17, 15) is 8.42 Å². The highest BCUT2D eigenvalue weighted by atomic mass is 127. The Balaban J connectivity index is 1.80. The molecule has 1 aliphatic carbocycles. The second-order valence-corrected chi connectivity index (χ2v) is 8.16. The Hall–Kier alpha value is -1.75. The summed E-state index contributed by atoms with van der Waals surface area (Å²) in [5.74, 6) is 0.858. The summed E-state index contributed by atoms with van der Waals surface area (Å²) in [6.45, 7) is 0. The van der Waals surface area contributed by atoms with Gasteiger partial charge >= 0.3 is 0 Å². The van der Waals surface area contributed by atoms with Crippen LogP contribution in [0.4, 0.5) is 5.82 Å². The molecule has 1 fully saturated rings. The molecule has 0 aliphatic heterocycles. The first kappa shape index (κ1) is 14.8. The maximum absolute atomic E-state index is 12.5. The molecule has 3 aromatic heterocycles. The first-order valence-electron chi connectivity index (χ1n) is 7.01. The second kappa shape index (κ2) is 5.41. The summed E-state index contributed by atoms with van der Waals surface area (Å²) >= 11 is 2.08. The molecule has 0 bridgehead atoms. The summed E-state index contributed by atoms with van der Waals surface area (Å²) < 4.78 is 29.8. The first-order valence-corrected chi connectivity index (χ1v) is 9.58. The first-order chi connectivity index (χ1) is 11.0. The van der Waals surface area contributed by atoms with Gasteiger partial charge in [-0.05, 0) is 53.5 Å². The van der Waals surface area contributed by atoms with Gasteiger partial charge in [-0.2, -0.15) is 9.61 Å². The SMILES string of the molecule is O=S(=O)(Nc1cc(I)nc2c(C3CC3)cnn12)c1cccnc1. The zero-order valence-electron chi connectivity index (χ0n) is 11.8. The molecule has 7 nitrogen and oxygen atoms in total. The third kappa shape index (κ3) is 2.78. The molecule has 0 amide bonds. The molecule has 0 aromatic carbocycles. The van der Waals surface area contributed by atoms with Gasteiger partial charge in [0.1, 0.15) is 14.4 Å². The molecule has 0 atom stereocenters. The molecule has 1 aliphatic rings. The van der Waals surface area contributed by atoms with Crippen LogP contribution in [-0.4, -0.2) is 28.0 Å². The quantitative estimate of drug-likeness (QED) is 0.496. The van der Waals surface area contributed by atoms with Crippen LogP contribution in [0, 0.1) is 3.70 Å². The largest absolute Gasteiger partial charge is 0.264 e. The number of hydrogen-bond donors (Lipinski definition) is 1. The van der Waals surface area contributed by atoms with Crippen molar-refractivity contribution < 1.29 is 8.42 Å². The number of aromatic nitrogens is 4. The minimum absolute atomic E-state index is 0.106. The van der Waals surface area contributed by atoms with Crippen LogP contribution in [0.5, 0.6) is 0 Å². The van der Waals surface area contributed by atoms with Gasteiger partial charge in [0.25, 0.3) is 10.0 Å². The fraction of sp³-hybridized carbons (Fsp3) is 0.214. The highest BCUT2D eigenvalue weighted by Gasteiger charge is 2.28. The van der Waals surface area contributed by atoms with Gasteiger partial charge in [-0.3, -0.25) is 9.71 Å². The molecule has 1 N–H and O–H groups in total. The van der Waals surface area contributed by atoms with Crippen molar-refractivity contribution in [2.24, 2.45) is 0 Å². The molecule has 118 valence electrons. The molecule has 0 unspecified atom stereocenters. The zero-order valence-corrected chi connectivity index (χ0v) is 14.8. The van der Waals surface area contributed by atoms with Crippen LogP contribution in [0.3, 0.4) is 0 Å². The van der Waals surface area contributed by atoms with Gasteiger partial charge in [0.05, 0.1) is 6.20 Å². The summed E-state index contributed by atoms with van der Waals surface area (Å²) in [5.41, 5.74) is 1.79. The molecule has 3 heterocycles. The zero-order chi connectivity index (χ0) is 16.0. The predicted octanol–water partition coefficient (Wildman–Crippen LogP) is 2.41. The summed E-state index contributed by atoms with van der Waals surface area (Å²) in [6, 6.07) is 4.74. The van der Waals surface area contributed by atoms with Crippen LogP contribution >= 0.6 is 22.6 Å². The van der Waals surface area contributed by atoms with E-state index in [4.69, 9.17) is 0 Å². The lowest BCUT2D eigenvalue weighted by atomic mass is 10.2. The van der Waals surface area contributed by atoms with Crippen molar-refractivity contribution in [2.75, 3.05) is 4.72 Å². The third-order valence-electron chi connectivity index (χ3n) is 3.67. The maximum atomic E-state index is 12.5. The lowest BCUT2D eigenvalue weighted by Gasteiger charge is -2.10. The van der Waals surface area contributed by atoms with E-state index in [1.807, 2.05) is 0 Å². The Kier molecular flexibility index (Phi) is 3.48. The predicted molar refractivity (Wildman–Crippen MR) is 92.7 cm³/mol. The number of nitrogens with zero attached hydrogens (tertiary/aromatic N) is 4. The van der Waals surface area contributed by atoms with E-state index in [2.05, 4.69) is 42.4 Å². The molecular formula is C14H12IN5O2S. The minimum Gasteiger partial charge on any atom is -0.263 e. The molecule has 0 saturated heterocycles. The van der Waals surface area contributed by atoms with Crippen molar-refractivity contribution in [1.82, 2.24) is 19.6 Å². The highest BCUT2D eigenvalue weighted by Crippen LogP contribution is 2.41. The lowest BCUT2D eigenvalue weighted by molar-refractivity contribution is 0.600. The van der Waals surface area contributed by atoms with Crippen LogP contribution in [0.2, 0.25) is 0 Å². The number of rotatable bonds is 4. The van der Waals surface area contributed by atoms with E-state index >= 15 is 0 Å². The topological polar surface area (TPSA) is 89.2 Å². The Morgan fingerprint density at radius 2 is 2.13 bits per heavy atom. The van der Waals surface area contributed by atoms with Crippen LogP contribution in [0.25, 0.3) is 5.65 Å². The Labute approximate surface area is 146 Å². The summed E-state index contributed by atoms with van der Waals surface area (Å²) in [6.07, 6.45) is 6.88. The van der Waals surface area contributed by atoms with Gasteiger partial charge in [-0.1, -0.05) is 0 Å². The van der Waals surface area contributed by atoms with Gasteiger partial charge in [0, 0.05) is 24.0 Å². The molecule has 23 heavy (non-hydrogen) atoms. The Morgan fingerprint density at radius 1 is 1.30 bits per heavy atom. The normalized spacial score (nSPS) is 15.0. The van der Waals surface area contributed by atoms with E-state index < -0.39 is 10.0 Å². The van der Waals surface area contributed by atoms with Crippen LogP contribution in [0.15, 0.2) is 41.7 Å². The molecule has 3 aromatic rings. The number of halogens is 1. The van der Waals surface area contributed by atoms with E-state index in [-0.39, 0.29) is 4.90 Å².